The number of para-hydroxylation sites is 1. The van der Waals surface area contributed by atoms with Crippen molar-refractivity contribution in [1.29, 1.82) is 5.26 Å². The number of aromatic amines is 1. The van der Waals surface area contributed by atoms with Crippen molar-refractivity contribution in [1.82, 2.24) is 29.5 Å². The molecule has 0 spiro atoms. The quantitative estimate of drug-likeness (QED) is 0.396. The Morgan fingerprint density at radius 2 is 2.03 bits per heavy atom. The van der Waals surface area contributed by atoms with Crippen molar-refractivity contribution in [2.75, 3.05) is 5.32 Å². The van der Waals surface area contributed by atoms with E-state index in [2.05, 4.69) is 36.3 Å². The van der Waals surface area contributed by atoms with Crippen molar-refractivity contribution in [3.05, 3.63) is 89.6 Å². The van der Waals surface area contributed by atoms with Gasteiger partial charge in [-0.15, -0.1) is 0 Å². The third-order valence-corrected chi connectivity index (χ3v) is 5.16. The number of hydrogen-bond donors (Lipinski definition) is 2. The molecule has 4 aromatic heterocycles. The van der Waals surface area contributed by atoms with E-state index in [0.29, 0.717) is 29.3 Å². The standard InChI is InChI=1S/C24H17N9/c1-15-5-3-8-19(30-15)24-23(17-9-10-21-28-14-29-33(21)13-17)31-20(32-24)12-27-18-7-4-6-16(11-25)22(18)26-2/h3-10,13-14,27H,12H2,1H3,(H,31,32). The van der Waals surface area contributed by atoms with Gasteiger partial charge < -0.3 is 10.3 Å². The number of aromatic nitrogens is 6. The van der Waals surface area contributed by atoms with Crippen molar-refractivity contribution >= 4 is 17.0 Å². The molecule has 0 unspecified atom stereocenters. The van der Waals surface area contributed by atoms with Gasteiger partial charge in [-0.05, 0) is 37.3 Å². The van der Waals surface area contributed by atoms with Gasteiger partial charge in [0.15, 0.2) is 5.65 Å². The Morgan fingerprint density at radius 3 is 2.85 bits per heavy atom. The molecule has 158 valence electrons. The fourth-order valence-corrected chi connectivity index (χ4v) is 3.62. The van der Waals surface area contributed by atoms with Crippen LogP contribution in [0.15, 0.2) is 61.1 Å². The summed E-state index contributed by atoms with van der Waals surface area (Å²) in [7, 11) is 0. The Morgan fingerprint density at radius 1 is 1.15 bits per heavy atom. The predicted octanol–water partition coefficient (Wildman–Crippen LogP) is 4.52. The van der Waals surface area contributed by atoms with Gasteiger partial charge in [0.05, 0.1) is 41.8 Å². The average molecular weight is 431 g/mol. The van der Waals surface area contributed by atoms with Crippen LogP contribution in [0, 0.1) is 24.8 Å². The lowest BCUT2D eigenvalue weighted by Crippen LogP contribution is -2.02. The van der Waals surface area contributed by atoms with Gasteiger partial charge in [0.25, 0.3) is 0 Å². The molecule has 4 heterocycles. The highest BCUT2D eigenvalue weighted by Gasteiger charge is 2.17. The summed E-state index contributed by atoms with van der Waals surface area (Å²) in [6, 6.07) is 16.9. The lowest BCUT2D eigenvalue weighted by Gasteiger charge is -2.07. The molecule has 0 atom stereocenters. The zero-order valence-electron chi connectivity index (χ0n) is 17.6. The molecule has 1 aromatic carbocycles. The summed E-state index contributed by atoms with van der Waals surface area (Å²) < 4.78 is 1.70. The van der Waals surface area contributed by atoms with Crippen LogP contribution in [0.5, 0.6) is 0 Å². The largest absolute Gasteiger partial charge is 0.386 e. The first-order chi connectivity index (χ1) is 16.2. The second kappa shape index (κ2) is 8.25. The minimum Gasteiger partial charge on any atom is -0.386 e. The summed E-state index contributed by atoms with van der Waals surface area (Å²) in [5, 5.41) is 16.7. The summed E-state index contributed by atoms with van der Waals surface area (Å²) in [5.74, 6) is 0.667. The van der Waals surface area contributed by atoms with Crippen LogP contribution in [-0.4, -0.2) is 29.5 Å². The summed E-state index contributed by atoms with van der Waals surface area (Å²) in [6.45, 7) is 9.71. The number of nitrogens with zero attached hydrogens (tertiary/aromatic N) is 7. The molecular formula is C24H17N9. The van der Waals surface area contributed by atoms with E-state index in [0.717, 1.165) is 34.0 Å². The number of benzene rings is 1. The second-order valence-corrected chi connectivity index (χ2v) is 7.33. The van der Waals surface area contributed by atoms with E-state index in [9.17, 15) is 5.26 Å². The second-order valence-electron chi connectivity index (χ2n) is 7.33. The topological polar surface area (TPSA) is 112 Å². The Hall–Kier alpha value is -5.02. The van der Waals surface area contributed by atoms with Gasteiger partial charge >= 0.3 is 0 Å². The predicted molar refractivity (Wildman–Crippen MR) is 123 cm³/mol. The zero-order chi connectivity index (χ0) is 22.8. The molecular weight excluding hydrogens is 414 g/mol. The molecule has 0 saturated carbocycles. The number of H-pyrrole nitrogens is 1. The van der Waals surface area contributed by atoms with Crippen molar-refractivity contribution in [2.45, 2.75) is 13.5 Å². The van der Waals surface area contributed by atoms with Gasteiger partial charge in [-0.2, -0.15) is 10.4 Å². The van der Waals surface area contributed by atoms with Crippen molar-refractivity contribution in [3.8, 4) is 28.7 Å². The highest BCUT2D eigenvalue weighted by atomic mass is 15.3. The molecule has 2 N–H and O–H groups in total. The van der Waals surface area contributed by atoms with Gasteiger partial charge in [0.1, 0.15) is 12.2 Å². The lowest BCUT2D eigenvalue weighted by atomic mass is 10.1. The third kappa shape index (κ3) is 3.75. The maximum atomic E-state index is 9.27. The highest BCUT2D eigenvalue weighted by molar-refractivity contribution is 5.78. The minimum absolute atomic E-state index is 0.295. The van der Waals surface area contributed by atoms with Crippen LogP contribution in [-0.2, 0) is 6.54 Å². The van der Waals surface area contributed by atoms with Crippen LogP contribution >= 0.6 is 0 Å². The molecule has 5 aromatic rings. The van der Waals surface area contributed by atoms with Crippen LogP contribution in [0.1, 0.15) is 17.1 Å². The summed E-state index contributed by atoms with van der Waals surface area (Å²) >= 11 is 0. The Balaban J connectivity index is 1.55. The number of nitrogens with one attached hydrogen (secondary N) is 2. The number of fused-ring (bicyclic) bond motifs is 1. The maximum Gasteiger partial charge on any atom is 0.226 e. The number of nitriles is 1. The molecule has 33 heavy (non-hydrogen) atoms. The van der Waals surface area contributed by atoms with E-state index in [1.807, 2.05) is 43.5 Å². The van der Waals surface area contributed by atoms with Crippen LogP contribution in [0.2, 0.25) is 0 Å². The van der Waals surface area contributed by atoms with Gasteiger partial charge in [-0.1, -0.05) is 18.2 Å². The smallest absolute Gasteiger partial charge is 0.226 e. The molecule has 0 aliphatic heterocycles. The molecule has 0 fully saturated rings. The van der Waals surface area contributed by atoms with E-state index < -0.39 is 0 Å². The molecule has 0 aliphatic rings. The van der Waals surface area contributed by atoms with Gasteiger partial charge in [0.2, 0.25) is 5.69 Å². The Bertz CT molecular complexity index is 1560. The van der Waals surface area contributed by atoms with Crippen molar-refractivity contribution in [3.63, 3.8) is 0 Å². The van der Waals surface area contributed by atoms with Gasteiger partial charge in [-0.25, -0.2) is 19.3 Å². The number of rotatable bonds is 5. The number of anilines is 1. The summed E-state index contributed by atoms with van der Waals surface area (Å²) in [5.41, 5.74) is 6.01. The SMILES string of the molecule is [C-]#[N+]c1c(C#N)cccc1NCc1nc(-c2ccc3ncnn3c2)c(-c2cccc(C)n2)[nH]1. The first-order valence-electron chi connectivity index (χ1n) is 10.1. The summed E-state index contributed by atoms with van der Waals surface area (Å²) in [6.07, 6.45) is 3.38. The first-order valence-corrected chi connectivity index (χ1v) is 10.1. The van der Waals surface area contributed by atoms with Crippen LogP contribution in [0.4, 0.5) is 11.4 Å². The Kier molecular flexibility index (Phi) is 4.98. The average Bonchev–Trinajstić information content (AvgIpc) is 3.49. The van der Waals surface area contributed by atoms with E-state index in [4.69, 9.17) is 11.6 Å². The van der Waals surface area contributed by atoms with E-state index in [-0.39, 0.29) is 0 Å². The third-order valence-electron chi connectivity index (χ3n) is 5.16. The fraction of sp³-hybridized carbons (Fsp3) is 0.0833. The molecule has 0 aliphatic carbocycles. The van der Waals surface area contributed by atoms with E-state index in [1.54, 1.807) is 22.7 Å². The molecule has 0 bridgehead atoms. The van der Waals surface area contributed by atoms with Crippen molar-refractivity contribution < 1.29 is 0 Å². The number of pyridine rings is 2. The van der Waals surface area contributed by atoms with Gasteiger partial charge in [0, 0.05) is 23.1 Å². The first kappa shape index (κ1) is 19.9. The molecule has 9 nitrogen and oxygen atoms in total. The molecule has 5 rings (SSSR count). The van der Waals surface area contributed by atoms with Crippen LogP contribution < -0.4 is 5.32 Å². The molecule has 9 heteroatoms. The van der Waals surface area contributed by atoms with Crippen LogP contribution in [0.25, 0.3) is 33.1 Å². The molecule has 0 saturated heterocycles. The maximum absolute atomic E-state index is 9.27. The number of hydrogen-bond acceptors (Lipinski definition) is 6. The highest BCUT2D eigenvalue weighted by Crippen LogP contribution is 2.31. The monoisotopic (exact) mass is 431 g/mol. The van der Waals surface area contributed by atoms with Crippen LogP contribution in [0.3, 0.4) is 0 Å². The summed E-state index contributed by atoms with van der Waals surface area (Å²) in [4.78, 5) is 20.6. The van der Waals surface area contributed by atoms with E-state index >= 15 is 0 Å². The normalized spacial score (nSPS) is 10.6. The fourth-order valence-electron chi connectivity index (χ4n) is 3.62. The molecule has 0 amide bonds. The molecule has 0 radical (unpaired) electrons. The van der Waals surface area contributed by atoms with Gasteiger partial charge in [-0.3, -0.25) is 4.98 Å². The number of aryl methyl sites for hydroxylation is 1. The van der Waals surface area contributed by atoms with Crippen molar-refractivity contribution in [2.24, 2.45) is 0 Å². The number of imidazole rings is 1. The van der Waals surface area contributed by atoms with E-state index in [1.165, 1.54) is 6.33 Å². The lowest BCUT2D eigenvalue weighted by molar-refractivity contribution is 0.960. The zero-order valence-corrected chi connectivity index (χ0v) is 17.6. The minimum atomic E-state index is 0.295. The Labute approximate surface area is 189 Å².